The lowest BCUT2D eigenvalue weighted by atomic mass is 9.80. The van der Waals surface area contributed by atoms with E-state index in [0.29, 0.717) is 0 Å². The van der Waals surface area contributed by atoms with Gasteiger partial charge in [0, 0.05) is 30.7 Å². The van der Waals surface area contributed by atoms with Crippen LogP contribution in [0.4, 0.5) is 0 Å². The third-order valence-electron chi connectivity index (χ3n) is 5.94. The Morgan fingerprint density at radius 3 is 2.33 bits per heavy atom. The number of nitrogens with one attached hydrogen (secondary N) is 1. The van der Waals surface area contributed by atoms with E-state index < -0.39 is 0 Å². The van der Waals surface area contributed by atoms with Crippen molar-refractivity contribution in [2.45, 2.75) is 89.4 Å². The molecule has 3 nitrogen and oxygen atoms in total. The van der Waals surface area contributed by atoms with Crippen LogP contribution in [-0.4, -0.2) is 60.1 Å². The molecule has 3 saturated heterocycles. The van der Waals surface area contributed by atoms with Crippen LogP contribution >= 0.6 is 0 Å². The van der Waals surface area contributed by atoms with Crippen LogP contribution in [0.1, 0.15) is 65.2 Å². The molecule has 1 N–H and O–H groups in total. The van der Waals surface area contributed by atoms with Gasteiger partial charge in [-0.25, -0.2) is 0 Å². The van der Waals surface area contributed by atoms with Gasteiger partial charge in [0.15, 0.2) is 0 Å². The van der Waals surface area contributed by atoms with Crippen LogP contribution in [0.15, 0.2) is 0 Å². The van der Waals surface area contributed by atoms with Gasteiger partial charge in [-0.2, -0.15) is 0 Å². The van der Waals surface area contributed by atoms with Gasteiger partial charge < -0.3 is 10.2 Å². The van der Waals surface area contributed by atoms with Gasteiger partial charge in [0.05, 0.1) is 0 Å². The van der Waals surface area contributed by atoms with Crippen LogP contribution < -0.4 is 5.32 Å². The predicted octanol–water partition coefficient (Wildman–Crippen LogP) is 2.86. The third kappa shape index (κ3) is 3.80. The first kappa shape index (κ1) is 15.8. The number of rotatable bonds is 6. The highest BCUT2D eigenvalue weighted by molar-refractivity contribution is 4.97. The lowest BCUT2D eigenvalue weighted by molar-refractivity contribution is -0.0137. The van der Waals surface area contributed by atoms with Crippen molar-refractivity contribution in [2.75, 3.05) is 26.2 Å². The molecule has 0 radical (unpaired) electrons. The largest absolute Gasteiger partial charge is 0.314 e. The summed E-state index contributed by atoms with van der Waals surface area (Å²) in [5, 5.41) is 3.80. The van der Waals surface area contributed by atoms with Crippen LogP contribution in [0.2, 0.25) is 0 Å². The third-order valence-corrected chi connectivity index (χ3v) is 5.94. The SMILES string of the molecule is CCCNC1CC2CCCC(C1)N2C(C)CN1CCCC1. The normalized spacial score (nSPS) is 36.0. The lowest BCUT2D eigenvalue weighted by Crippen LogP contribution is -2.60. The maximum atomic E-state index is 3.80. The van der Waals surface area contributed by atoms with Crippen molar-refractivity contribution in [3.8, 4) is 0 Å². The summed E-state index contributed by atoms with van der Waals surface area (Å²) in [5.41, 5.74) is 0. The van der Waals surface area contributed by atoms with Crippen LogP contribution in [0.3, 0.4) is 0 Å². The second-order valence-electron chi connectivity index (χ2n) is 7.66. The van der Waals surface area contributed by atoms with Crippen molar-refractivity contribution in [3.63, 3.8) is 0 Å². The van der Waals surface area contributed by atoms with E-state index in [0.717, 1.165) is 24.2 Å². The standard InChI is InChI=1S/C18H35N3/c1-3-9-19-16-12-17-7-6-8-18(13-16)21(17)15(2)14-20-10-4-5-11-20/h15-19H,3-14H2,1-2H3. The smallest absolute Gasteiger partial charge is 0.0200 e. The number of piperidine rings is 2. The summed E-state index contributed by atoms with van der Waals surface area (Å²) in [6, 6.07) is 3.25. The summed E-state index contributed by atoms with van der Waals surface area (Å²) >= 11 is 0. The van der Waals surface area contributed by atoms with Gasteiger partial charge in [0.1, 0.15) is 0 Å². The van der Waals surface area contributed by atoms with Gasteiger partial charge in [0.2, 0.25) is 0 Å². The van der Waals surface area contributed by atoms with E-state index in [9.17, 15) is 0 Å². The molecule has 122 valence electrons. The maximum absolute atomic E-state index is 3.80. The minimum Gasteiger partial charge on any atom is -0.314 e. The summed E-state index contributed by atoms with van der Waals surface area (Å²) < 4.78 is 0. The van der Waals surface area contributed by atoms with Crippen LogP contribution in [-0.2, 0) is 0 Å². The number of hydrogen-bond acceptors (Lipinski definition) is 3. The molecule has 0 amide bonds. The molecule has 3 heterocycles. The van der Waals surface area contributed by atoms with Crippen molar-refractivity contribution in [1.82, 2.24) is 15.1 Å². The van der Waals surface area contributed by atoms with Crippen molar-refractivity contribution in [1.29, 1.82) is 0 Å². The average Bonchev–Trinajstić information content (AvgIpc) is 2.96. The fourth-order valence-corrected chi connectivity index (χ4v) is 5.09. The number of hydrogen-bond donors (Lipinski definition) is 1. The fourth-order valence-electron chi connectivity index (χ4n) is 5.09. The highest BCUT2D eigenvalue weighted by Gasteiger charge is 2.40. The molecule has 3 atom stereocenters. The molecule has 0 spiro atoms. The summed E-state index contributed by atoms with van der Waals surface area (Å²) in [5.74, 6) is 0. The van der Waals surface area contributed by atoms with Gasteiger partial charge in [-0.1, -0.05) is 13.3 Å². The number of fused-ring (bicyclic) bond motifs is 2. The summed E-state index contributed by atoms with van der Waals surface area (Å²) in [4.78, 5) is 5.62. The first-order valence-electron chi connectivity index (χ1n) is 9.51. The molecule has 3 rings (SSSR count). The monoisotopic (exact) mass is 293 g/mol. The van der Waals surface area contributed by atoms with Crippen LogP contribution in [0.5, 0.6) is 0 Å². The Balaban J connectivity index is 1.57. The van der Waals surface area contributed by atoms with Gasteiger partial charge >= 0.3 is 0 Å². The van der Waals surface area contributed by atoms with Gasteiger partial charge in [-0.3, -0.25) is 4.90 Å². The molecule has 3 aliphatic rings. The molecule has 0 aliphatic carbocycles. The lowest BCUT2D eigenvalue weighted by Gasteiger charge is -2.52. The molecule has 0 saturated carbocycles. The predicted molar refractivity (Wildman–Crippen MR) is 89.7 cm³/mol. The Morgan fingerprint density at radius 1 is 1.05 bits per heavy atom. The zero-order valence-corrected chi connectivity index (χ0v) is 14.2. The average molecular weight is 293 g/mol. The van der Waals surface area contributed by atoms with E-state index in [2.05, 4.69) is 29.0 Å². The zero-order valence-electron chi connectivity index (χ0n) is 14.2. The molecule has 0 aromatic heterocycles. The van der Waals surface area contributed by atoms with Gasteiger partial charge in [0.25, 0.3) is 0 Å². The minimum atomic E-state index is 0.755. The molecular formula is C18H35N3. The van der Waals surface area contributed by atoms with E-state index >= 15 is 0 Å². The minimum absolute atomic E-state index is 0.755. The van der Waals surface area contributed by atoms with Crippen molar-refractivity contribution >= 4 is 0 Å². The molecule has 3 unspecified atom stereocenters. The Hall–Kier alpha value is -0.120. The second-order valence-corrected chi connectivity index (χ2v) is 7.66. The molecule has 0 aromatic carbocycles. The van der Waals surface area contributed by atoms with E-state index in [1.54, 1.807) is 0 Å². The van der Waals surface area contributed by atoms with E-state index in [4.69, 9.17) is 0 Å². The molecule has 2 bridgehead atoms. The first-order chi connectivity index (χ1) is 10.3. The summed E-state index contributed by atoms with van der Waals surface area (Å²) in [6.07, 6.45) is 11.2. The Bertz CT molecular complexity index is 300. The number of likely N-dealkylation sites (tertiary alicyclic amines) is 1. The van der Waals surface area contributed by atoms with E-state index in [-0.39, 0.29) is 0 Å². The van der Waals surface area contributed by atoms with Crippen molar-refractivity contribution < 1.29 is 0 Å². The van der Waals surface area contributed by atoms with Crippen molar-refractivity contribution in [3.05, 3.63) is 0 Å². The number of nitrogens with zero attached hydrogens (tertiary/aromatic N) is 2. The van der Waals surface area contributed by atoms with Gasteiger partial charge in [-0.15, -0.1) is 0 Å². The quantitative estimate of drug-likeness (QED) is 0.812. The Kier molecular flexibility index (Phi) is 5.58. The highest BCUT2D eigenvalue weighted by Crippen LogP contribution is 2.35. The fraction of sp³-hybridized carbons (Fsp3) is 1.00. The topological polar surface area (TPSA) is 18.5 Å². The Morgan fingerprint density at radius 2 is 1.71 bits per heavy atom. The maximum Gasteiger partial charge on any atom is 0.0200 e. The van der Waals surface area contributed by atoms with Gasteiger partial charge in [-0.05, 0) is 71.5 Å². The van der Waals surface area contributed by atoms with E-state index in [1.807, 2.05) is 0 Å². The van der Waals surface area contributed by atoms with E-state index in [1.165, 1.54) is 77.5 Å². The molecule has 3 fully saturated rings. The summed E-state index contributed by atoms with van der Waals surface area (Å²) in [7, 11) is 0. The first-order valence-corrected chi connectivity index (χ1v) is 9.51. The molecule has 21 heavy (non-hydrogen) atoms. The van der Waals surface area contributed by atoms with Crippen molar-refractivity contribution in [2.24, 2.45) is 0 Å². The van der Waals surface area contributed by atoms with Crippen LogP contribution in [0.25, 0.3) is 0 Å². The molecule has 3 aliphatic heterocycles. The summed E-state index contributed by atoms with van der Waals surface area (Å²) in [6.45, 7) is 9.96. The molecule has 0 aromatic rings. The molecular weight excluding hydrogens is 258 g/mol. The molecule has 3 heteroatoms. The second kappa shape index (κ2) is 7.43. The highest BCUT2D eigenvalue weighted by atomic mass is 15.3. The zero-order chi connectivity index (χ0) is 14.7. The van der Waals surface area contributed by atoms with Crippen LogP contribution in [0, 0.1) is 0 Å². The Labute approximate surface area is 131 Å².